The molecule has 0 spiro atoms. The SMILES string of the molecule is CNCC1CCN(C(=O)C(NC(=O)c2c(F)cccc2F)C(C)C)CC1. The van der Waals surface area contributed by atoms with Gasteiger partial charge in [0.2, 0.25) is 5.91 Å². The van der Waals surface area contributed by atoms with Crippen LogP contribution in [0, 0.1) is 23.5 Å². The molecule has 1 unspecified atom stereocenters. The van der Waals surface area contributed by atoms with Crippen molar-refractivity contribution in [3.8, 4) is 0 Å². The van der Waals surface area contributed by atoms with Gasteiger partial charge in [0.25, 0.3) is 5.91 Å². The van der Waals surface area contributed by atoms with Crippen molar-refractivity contribution in [2.24, 2.45) is 11.8 Å². The van der Waals surface area contributed by atoms with E-state index in [1.54, 1.807) is 18.7 Å². The standard InChI is InChI=1S/C19H27F2N3O2/c1-12(2)17(19(26)24-9-7-13(8-10-24)11-22-3)23-18(25)16-14(20)5-4-6-15(16)21/h4-6,12-13,17,22H,7-11H2,1-3H3,(H,23,25). The molecular formula is C19H27F2N3O2. The lowest BCUT2D eigenvalue weighted by Crippen LogP contribution is -2.53. The van der Waals surface area contributed by atoms with E-state index in [4.69, 9.17) is 0 Å². The second-order valence-corrected chi connectivity index (χ2v) is 7.12. The second-order valence-electron chi connectivity index (χ2n) is 7.12. The molecule has 1 fully saturated rings. The van der Waals surface area contributed by atoms with Crippen molar-refractivity contribution in [2.75, 3.05) is 26.7 Å². The third kappa shape index (κ3) is 4.78. The van der Waals surface area contributed by atoms with Crippen molar-refractivity contribution < 1.29 is 18.4 Å². The number of hydrogen-bond donors (Lipinski definition) is 2. The fourth-order valence-electron chi connectivity index (χ4n) is 3.28. The van der Waals surface area contributed by atoms with Gasteiger partial charge in [-0.05, 0) is 50.4 Å². The van der Waals surface area contributed by atoms with Gasteiger partial charge in [-0.25, -0.2) is 8.78 Å². The van der Waals surface area contributed by atoms with Crippen LogP contribution in [0.3, 0.4) is 0 Å². The number of nitrogens with one attached hydrogen (secondary N) is 2. The highest BCUT2D eigenvalue weighted by Crippen LogP contribution is 2.19. The zero-order chi connectivity index (χ0) is 19.3. The fourth-order valence-corrected chi connectivity index (χ4v) is 3.28. The summed E-state index contributed by atoms with van der Waals surface area (Å²) in [6.07, 6.45) is 1.79. The summed E-state index contributed by atoms with van der Waals surface area (Å²) in [5.74, 6) is -2.65. The Morgan fingerprint density at radius 1 is 1.19 bits per heavy atom. The van der Waals surface area contributed by atoms with E-state index in [1.165, 1.54) is 6.07 Å². The normalized spacial score (nSPS) is 16.6. The first-order valence-electron chi connectivity index (χ1n) is 9.03. The molecule has 1 atom stereocenters. The molecule has 0 aliphatic carbocycles. The number of carbonyl (C=O) groups excluding carboxylic acids is 2. The first kappa shape index (κ1) is 20.3. The van der Waals surface area contributed by atoms with Gasteiger partial charge < -0.3 is 15.5 Å². The van der Waals surface area contributed by atoms with Crippen molar-refractivity contribution in [1.82, 2.24) is 15.5 Å². The Morgan fingerprint density at radius 2 is 1.77 bits per heavy atom. The van der Waals surface area contributed by atoms with Crippen LogP contribution in [0.15, 0.2) is 18.2 Å². The second kappa shape index (κ2) is 9.07. The van der Waals surface area contributed by atoms with Gasteiger partial charge in [0, 0.05) is 13.1 Å². The van der Waals surface area contributed by atoms with Crippen molar-refractivity contribution in [1.29, 1.82) is 0 Å². The van der Waals surface area contributed by atoms with Crippen molar-refractivity contribution in [2.45, 2.75) is 32.7 Å². The molecule has 2 rings (SSSR count). The minimum absolute atomic E-state index is 0.198. The van der Waals surface area contributed by atoms with Gasteiger partial charge in [-0.15, -0.1) is 0 Å². The minimum atomic E-state index is -0.940. The molecule has 1 aliphatic heterocycles. The van der Waals surface area contributed by atoms with E-state index in [1.807, 2.05) is 7.05 Å². The number of amides is 2. The number of hydrogen-bond acceptors (Lipinski definition) is 3. The molecule has 5 nitrogen and oxygen atoms in total. The largest absolute Gasteiger partial charge is 0.341 e. The van der Waals surface area contributed by atoms with Crippen molar-refractivity contribution in [3.63, 3.8) is 0 Å². The summed E-state index contributed by atoms with van der Waals surface area (Å²) in [6.45, 7) is 5.76. The quantitative estimate of drug-likeness (QED) is 0.810. The highest BCUT2D eigenvalue weighted by atomic mass is 19.1. The number of halogens is 2. The molecule has 1 aliphatic rings. The zero-order valence-electron chi connectivity index (χ0n) is 15.5. The van der Waals surface area contributed by atoms with Crippen LogP contribution in [0.5, 0.6) is 0 Å². The molecule has 0 aromatic heterocycles. The Labute approximate surface area is 153 Å². The van der Waals surface area contributed by atoms with Gasteiger partial charge in [0.1, 0.15) is 23.2 Å². The molecule has 144 valence electrons. The van der Waals surface area contributed by atoms with Crippen LogP contribution in [-0.4, -0.2) is 49.4 Å². The molecule has 1 heterocycles. The number of carbonyl (C=O) groups is 2. The average molecular weight is 367 g/mol. The Balaban J connectivity index is 2.07. The predicted molar refractivity (Wildman–Crippen MR) is 95.7 cm³/mol. The van der Waals surface area contributed by atoms with Gasteiger partial charge in [-0.2, -0.15) is 0 Å². The highest BCUT2D eigenvalue weighted by molar-refractivity contribution is 5.98. The molecule has 0 radical (unpaired) electrons. The van der Waals surface area contributed by atoms with Crippen LogP contribution < -0.4 is 10.6 Å². The topological polar surface area (TPSA) is 61.4 Å². The van der Waals surface area contributed by atoms with Gasteiger partial charge >= 0.3 is 0 Å². The molecule has 2 N–H and O–H groups in total. The van der Waals surface area contributed by atoms with Crippen molar-refractivity contribution in [3.05, 3.63) is 35.4 Å². The lowest BCUT2D eigenvalue weighted by atomic mass is 9.95. The third-order valence-corrected chi connectivity index (χ3v) is 4.83. The van der Waals surface area contributed by atoms with E-state index in [2.05, 4.69) is 10.6 Å². The Kier molecular flexibility index (Phi) is 7.08. The predicted octanol–water partition coefficient (Wildman–Crippen LogP) is 2.18. The van der Waals surface area contributed by atoms with E-state index < -0.39 is 29.1 Å². The van der Waals surface area contributed by atoms with E-state index >= 15 is 0 Å². The van der Waals surface area contributed by atoms with Crippen LogP contribution in [0.2, 0.25) is 0 Å². The van der Waals surface area contributed by atoms with Gasteiger partial charge in [0.15, 0.2) is 0 Å². The molecule has 1 saturated heterocycles. The van der Waals surface area contributed by atoms with Crippen LogP contribution in [0.25, 0.3) is 0 Å². The lowest BCUT2D eigenvalue weighted by molar-refractivity contribution is -0.135. The monoisotopic (exact) mass is 367 g/mol. The molecule has 7 heteroatoms. The smallest absolute Gasteiger partial charge is 0.257 e. The maximum Gasteiger partial charge on any atom is 0.257 e. The number of nitrogens with zero attached hydrogens (tertiary/aromatic N) is 1. The maximum atomic E-state index is 13.8. The summed E-state index contributed by atoms with van der Waals surface area (Å²) in [7, 11) is 1.91. The third-order valence-electron chi connectivity index (χ3n) is 4.83. The summed E-state index contributed by atoms with van der Waals surface area (Å²) in [4.78, 5) is 26.9. The lowest BCUT2D eigenvalue weighted by Gasteiger charge is -2.35. The summed E-state index contributed by atoms with van der Waals surface area (Å²) in [5, 5.41) is 5.67. The molecule has 2 amide bonds. The Hall–Kier alpha value is -2.02. The first-order valence-corrected chi connectivity index (χ1v) is 9.03. The molecule has 1 aromatic carbocycles. The minimum Gasteiger partial charge on any atom is -0.341 e. The van der Waals surface area contributed by atoms with E-state index in [0.717, 1.165) is 31.5 Å². The van der Waals surface area contributed by atoms with Gasteiger partial charge in [0.05, 0.1) is 0 Å². The summed E-state index contributed by atoms with van der Waals surface area (Å²) >= 11 is 0. The maximum absolute atomic E-state index is 13.8. The Bertz CT molecular complexity index is 623. The van der Waals surface area contributed by atoms with Crippen LogP contribution in [0.1, 0.15) is 37.0 Å². The molecule has 1 aromatic rings. The van der Waals surface area contributed by atoms with E-state index in [0.29, 0.717) is 19.0 Å². The van der Waals surface area contributed by atoms with Crippen molar-refractivity contribution >= 4 is 11.8 Å². The van der Waals surface area contributed by atoms with Gasteiger partial charge in [-0.1, -0.05) is 19.9 Å². The van der Waals surface area contributed by atoms with Gasteiger partial charge in [-0.3, -0.25) is 9.59 Å². The number of likely N-dealkylation sites (tertiary alicyclic amines) is 1. The molecular weight excluding hydrogens is 340 g/mol. The zero-order valence-corrected chi connectivity index (χ0v) is 15.5. The number of benzene rings is 1. The highest BCUT2D eigenvalue weighted by Gasteiger charge is 2.32. The Morgan fingerprint density at radius 3 is 2.27 bits per heavy atom. The van der Waals surface area contributed by atoms with Crippen LogP contribution in [0.4, 0.5) is 8.78 Å². The molecule has 26 heavy (non-hydrogen) atoms. The van der Waals surface area contributed by atoms with E-state index in [-0.39, 0.29) is 11.8 Å². The molecule has 0 saturated carbocycles. The van der Waals surface area contributed by atoms with Crippen LogP contribution >= 0.6 is 0 Å². The fraction of sp³-hybridized carbons (Fsp3) is 0.579. The summed E-state index contributed by atoms with van der Waals surface area (Å²) in [6, 6.07) is 2.43. The number of piperidine rings is 1. The molecule has 0 bridgehead atoms. The summed E-state index contributed by atoms with van der Waals surface area (Å²) in [5.41, 5.74) is -0.654. The van der Waals surface area contributed by atoms with Crippen LogP contribution in [-0.2, 0) is 4.79 Å². The summed E-state index contributed by atoms with van der Waals surface area (Å²) < 4.78 is 27.6. The first-order chi connectivity index (χ1) is 12.3. The average Bonchev–Trinajstić information content (AvgIpc) is 2.59. The number of rotatable bonds is 6. The van der Waals surface area contributed by atoms with E-state index in [9.17, 15) is 18.4 Å².